The number of fused-ring (bicyclic) bond motifs is 1. The van der Waals surface area contributed by atoms with Crippen LogP contribution >= 0.6 is 0 Å². The van der Waals surface area contributed by atoms with Gasteiger partial charge in [0.15, 0.2) is 5.69 Å². The maximum absolute atomic E-state index is 11.4. The van der Waals surface area contributed by atoms with Crippen molar-refractivity contribution in [3.05, 3.63) is 29.8 Å². The van der Waals surface area contributed by atoms with Crippen LogP contribution in [0.4, 0.5) is 0 Å². The fraction of sp³-hybridized carbons (Fsp3) is 0.385. The summed E-state index contributed by atoms with van der Waals surface area (Å²) >= 11 is 0. The number of nitrogens with zero attached hydrogens (tertiary/aromatic N) is 2. The Kier molecular flexibility index (Phi) is 2.87. The molecule has 0 radical (unpaired) electrons. The van der Waals surface area contributed by atoms with Crippen LogP contribution in [0.5, 0.6) is 5.75 Å². The molecule has 3 rings (SSSR count). The lowest BCUT2D eigenvalue weighted by atomic mass is 10.1. The summed E-state index contributed by atoms with van der Waals surface area (Å²) in [5.41, 5.74) is 0.582. The first kappa shape index (κ1) is 12.0. The van der Waals surface area contributed by atoms with E-state index in [2.05, 4.69) is 10.3 Å². The molecule has 19 heavy (non-hydrogen) atoms. The normalized spacial score (nSPS) is 18.9. The number of hydrogen-bond acceptors (Lipinski definition) is 4. The number of aromatic nitrogens is 2. The Bertz CT molecular complexity index is 629. The molecule has 6 nitrogen and oxygen atoms in total. The maximum atomic E-state index is 11.4. The first-order valence-corrected chi connectivity index (χ1v) is 6.21. The number of methoxy groups -OCH3 is 1. The summed E-state index contributed by atoms with van der Waals surface area (Å²) < 4.78 is 7.09. The Morgan fingerprint density at radius 1 is 1.63 bits per heavy atom. The Morgan fingerprint density at radius 2 is 2.47 bits per heavy atom. The number of carbonyl (C=O) groups is 1. The summed E-state index contributed by atoms with van der Waals surface area (Å²) in [6.07, 6.45) is 2.81. The van der Waals surface area contributed by atoms with E-state index in [1.165, 1.54) is 7.11 Å². The molecule has 1 unspecified atom stereocenters. The summed E-state index contributed by atoms with van der Waals surface area (Å²) in [6, 6.07) is 3.59. The Hall–Kier alpha value is -2.08. The number of rotatable bonds is 3. The highest BCUT2D eigenvalue weighted by Crippen LogP contribution is 2.29. The lowest BCUT2D eigenvalue weighted by Gasteiger charge is -2.08. The molecule has 2 aromatic rings. The lowest BCUT2D eigenvalue weighted by molar-refractivity contribution is 0.0693. The molecular formula is C13H15N3O3. The predicted octanol–water partition coefficient (Wildman–Crippen LogP) is 1.12. The smallest absolute Gasteiger partial charge is 0.356 e. The summed E-state index contributed by atoms with van der Waals surface area (Å²) in [7, 11) is 1.53. The van der Waals surface area contributed by atoms with Crippen LogP contribution in [0.3, 0.4) is 0 Å². The molecule has 0 aliphatic carbocycles. The Morgan fingerprint density at radius 3 is 3.11 bits per heavy atom. The first-order valence-electron chi connectivity index (χ1n) is 6.21. The summed E-state index contributed by atoms with van der Waals surface area (Å²) in [5.74, 6) is 0.535. The van der Waals surface area contributed by atoms with Gasteiger partial charge < -0.3 is 15.2 Å². The van der Waals surface area contributed by atoms with Crippen LogP contribution in [-0.4, -0.2) is 40.7 Å². The van der Waals surface area contributed by atoms with E-state index < -0.39 is 5.97 Å². The van der Waals surface area contributed by atoms with Crippen molar-refractivity contribution in [2.45, 2.75) is 12.3 Å². The highest BCUT2D eigenvalue weighted by atomic mass is 16.5. The molecule has 0 saturated carbocycles. The minimum Gasteiger partial charge on any atom is -0.494 e. The van der Waals surface area contributed by atoms with Crippen LogP contribution in [0, 0.1) is 0 Å². The van der Waals surface area contributed by atoms with E-state index in [0.717, 1.165) is 25.3 Å². The number of pyridine rings is 1. The van der Waals surface area contributed by atoms with Gasteiger partial charge in [0, 0.05) is 18.7 Å². The predicted molar refractivity (Wildman–Crippen MR) is 68.9 cm³/mol. The van der Waals surface area contributed by atoms with Gasteiger partial charge in [-0.2, -0.15) is 0 Å². The monoisotopic (exact) mass is 261 g/mol. The van der Waals surface area contributed by atoms with Gasteiger partial charge in [-0.3, -0.25) is 4.40 Å². The third-order valence-electron chi connectivity index (χ3n) is 3.50. The van der Waals surface area contributed by atoms with Crippen LogP contribution in [0.1, 0.15) is 28.7 Å². The van der Waals surface area contributed by atoms with Gasteiger partial charge in [0.25, 0.3) is 0 Å². The number of nitrogens with one attached hydrogen (secondary N) is 1. The van der Waals surface area contributed by atoms with Crippen molar-refractivity contribution in [1.82, 2.24) is 14.7 Å². The van der Waals surface area contributed by atoms with Gasteiger partial charge in [0.1, 0.15) is 17.1 Å². The molecule has 0 bridgehead atoms. The highest BCUT2D eigenvalue weighted by Gasteiger charge is 2.26. The molecule has 1 aliphatic heterocycles. The second-order valence-electron chi connectivity index (χ2n) is 4.61. The second kappa shape index (κ2) is 4.55. The van der Waals surface area contributed by atoms with E-state index in [-0.39, 0.29) is 11.6 Å². The van der Waals surface area contributed by atoms with E-state index in [9.17, 15) is 9.90 Å². The van der Waals surface area contributed by atoms with Gasteiger partial charge in [-0.15, -0.1) is 0 Å². The number of imidazole rings is 1. The molecule has 2 aromatic heterocycles. The number of carboxylic acid groups (broad SMARTS) is 1. The summed E-state index contributed by atoms with van der Waals surface area (Å²) in [5, 5.41) is 12.6. The molecule has 3 heterocycles. The fourth-order valence-corrected chi connectivity index (χ4v) is 2.61. The van der Waals surface area contributed by atoms with Crippen molar-refractivity contribution >= 4 is 11.5 Å². The largest absolute Gasteiger partial charge is 0.494 e. The zero-order chi connectivity index (χ0) is 13.4. The van der Waals surface area contributed by atoms with Gasteiger partial charge in [0.2, 0.25) is 0 Å². The second-order valence-corrected chi connectivity index (χ2v) is 4.61. The molecule has 1 atom stereocenters. The number of ether oxygens (including phenoxy) is 1. The van der Waals surface area contributed by atoms with Crippen molar-refractivity contribution in [2.24, 2.45) is 0 Å². The number of carboxylic acids is 1. The molecule has 100 valence electrons. The van der Waals surface area contributed by atoms with Gasteiger partial charge in [-0.05, 0) is 25.1 Å². The molecule has 1 saturated heterocycles. The SMILES string of the molecule is COc1cccn2c(C3CCNC3)nc(C(=O)O)c12. The Balaban J connectivity index is 2.26. The van der Waals surface area contributed by atoms with Crippen LogP contribution < -0.4 is 10.1 Å². The average molecular weight is 261 g/mol. The van der Waals surface area contributed by atoms with E-state index in [0.29, 0.717) is 11.3 Å². The van der Waals surface area contributed by atoms with E-state index in [4.69, 9.17) is 4.74 Å². The van der Waals surface area contributed by atoms with Gasteiger partial charge in [0.05, 0.1) is 7.11 Å². The molecule has 2 N–H and O–H groups in total. The van der Waals surface area contributed by atoms with E-state index in [1.54, 1.807) is 6.07 Å². The molecule has 0 aromatic carbocycles. The molecule has 0 amide bonds. The molecule has 1 aliphatic rings. The minimum atomic E-state index is -1.03. The number of hydrogen-bond donors (Lipinski definition) is 2. The van der Waals surface area contributed by atoms with Gasteiger partial charge in [-0.25, -0.2) is 9.78 Å². The van der Waals surface area contributed by atoms with Crippen LogP contribution in [0.15, 0.2) is 18.3 Å². The zero-order valence-corrected chi connectivity index (χ0v) is 10.6. The van der Waals surface area contributed by atoms with E-state index >= 15 is 0 Å². The van der Waals surface area contributed by atoms with Crippen LogP contribution in [-0.2, 0) is 0 Å². The van der Waals surface area contributed by atoms with Crippen molar-refractivity contribution in [3.8, 4) is 5.75 Å². The van der Waals surface area contributed by atoms with Crippen molar-refractivity contribution in [1.29, 1.82) is 0 Å². The van der Waals surface area contributed by atoms with Crippen molar-refractivity contribution in [2.75, 3.05) is 20.2 Å². The van der Waals surface area contributed by atoms with Crippen molar-refractivity contribution in [3.63, 3.8) is 0 Å². The van der Waals surface area contributed by atoms with Gasteiger partial charge >= 0.3 is 5.97 Å². The molecule has 1 fully saturated rings. The minimum absolute atomic E-state index is 0.0550. The third kappa shape index (κ3) is 1.84. The maximum Gasteiger partial charge on any atom is 0.356 e. The standard InChI is InChI=1S/C13H15N3O3/c1-19-9-3-2-6-16-11(9)10(13(17)18)15-12(16)8-4-5-14-7-8/h2-3,6,8,14H,4-5,7H2,1H3,(H,17,18). The zero-order valence-electron chi connectivity index (χ0n) is 10.6. The average Bonchev–Trinajstić information content (AvgIpc) is 3.04. The third-order valence-corrected chi connectivity index (χ3v) is 3.50. The van der Waals surface area contributed by atoms with Crippen LogP contribution in [0.2, 0.25) is 0 Å². The molecular weight excluding hydrogens is 246 g/mol. The lowest BCUT2D eigenvalue weighted by Crippen LogP contribution is -2.10. The Labute approximate surface area is 110 Å². The summed E-state index contributed by atoms with van der Waals surface area (Å²) in [6.45, 7) is 1.77. The fourth-order valence-electron chi connectivity index (χ4n) is 2.61. The highest BCUT2D eigenvalue weighted by molar-refractivity contribution is 5.95. The quantitative estimate of drug-likeness (QED) is 0.865. The molecule has 0 spiro atoms. The topological polar surface area (TPSA) is 75.9 Å². The van der Waals surface area contributed by atoms with Gasteiger partial charge in [-0.1, -0.05) is 0 Å². The van der Waals surface area contributed by atoms with Crippen LogP contribution in [0.25, 0.3) is 5.52 Å². The number of aromatic carboxylic acids is 1. The van der Waals surface area contributed by atoms with Crippen molar-refractivity contribution < 1.29 is 14.6 Å². The van der Waals surface area contributed by atoms with E-state index in [1.807, 2.05) is 16.7 Å². The molecule has 6 heteroatoms. The summed E-state index contributed by atoms with van der Waals surface area (Å²) in [4.78, 5) is 15.7. The first-order chi connectivity index (χ1) is 9.22.